The maximum Gasteiger partial charge on any atom is 0.0246 e. The van der Waals surface area contributed by atoms with Crippen LogP contribution in [0.5, 0.6) is 0 Å². The summed E-state index contributed by atoms with van der Waals surface area (Å²) in [6, 6.07) is 10.2. The molecule has 1 unspecified atom stereocenters. The zero-order valence-electron chi connectivity index (χ0n) is 13.3. The van der Waals surface area contributed by atoms with Gasteiger partial charge in [0.25, 0.3) is 0 Å². The SMILES string of the molecule is CCC1CN(Cc2ccccc2SC)CCN1C(C)C. The van der Waals surface area contributed by atoms with E-state index in [0.29, 0.717) is 12.1 Å². The number of piperazine rings is 1. The number of hydrogen-bond acceptors (Lipinski definition) is 3. The second kappa shape index (κ2) is 7.48. The molecule has 3 heteroatoms. The standard InChI is InChI=1S/C17H28N2S/c1-5-16-13-18(10-11-19(16)14(2)3)12-15-8-6-7-9-17(15)20-4/h6-9,14,16H,5,10-13H2,1-4H3. The molecule has 0 saturated carbocycles. The van der Waals surface area contributed by atoms with Gasteiger partial charge in [-0.15, -0.1) is 11.8 Å². The van der Waals surface area contributed by atoms with Gasteiger partial charge in [0, 0.05) is 43.2 Å². The third kappa shape index (κ3) is 3.78. The first-order valence-electron chi connectivity index (χ1n) is 7.75. The van der Waals surface area contributed by atoms with Gasteiger partial charge in [-0.2, -0.15) is 0 Å². The second-order valence-electron chi connectivity index (χ2n) is 5.94. The summed E-state index contributed by atoms with van der Waals surface area (Å²) in [6.45, 7) is 11.7. The highest BCUT2D eigenvalue weighted by Crippen LogP contribution is 2.23. The Kier molecular flexibility index (Phi) is 5.94. The summed E-state index contributed by atoms with van der Waals surface area (Å²) in [6.07, 6.45) is 3.42. The van der Waals surface area contributed by atoms with Crippen LogP contribution in [0.25, 0.3) is 0 Å². The molecule has 2 nitrogen and oxygen atoms in total. The van der Waals surface area contributed by atoms with Gasteiger partial charge in [0.05, 0.1) is 0 Å². The molecule has 1 atom stereocenters. The van der Waals surface area contributed by atoms with E-state index in [1.165, 1.54) is 36.5 Å². The molecule has 0 aliphatic carbocycles. The Morgan fingerprint density at radius 1 is 1.25 bits per heavy atom. The molecule has 0 N–H and O–H groups in total. The highest BCUT2D eigenvalue weighted by Gasteiger charge is 2.27. The minimum Gasteiger partial charge on any atom is -0.296 e. The quantitative estimate of drug-likeness (QED) is 0.764. The Hall–Kier alpha value is -0.510. The van der Waals surface area contributed by atoms with E-state index in [-0.39, 0.29) is 0 Å². The van der Waals surface area contributed by atoms with Gasteiger partial charge < -0.3 is 0 Å². The van der Waals surface area contributed by atoms with Gasteiger partial charge in [-0.3, -0.25) is 9.80 Å². The summed E-state index contributed by atoms with van der Waals surface area (Å²) in [5.74, 6) is 0. The maximum atomic E-state index is 2.66. The fraction of sp³-hybridized carbons (Fsp3) is 0.647. The molecule has 0 aromatic heterocycles. The van der Waals surface area contributed by atoms with Gasteiger partial charge in [0.2, 0.25) is 0 Å². The van der Waals surface area contributed by atoms with Gasteiger partial charge in [0.15, 0.2) is 0 Å². The molecule has 1 aliphatic heterocycles. The lowest BCUT2D eigenvalue weighted by molar-refractivity contribution is 0.0453. The average molecular weight is 292 g/mol. The molecule has 2 rings (SSSR count). The van der Waals surface area contributed by atoms with E-state index in [0.717, 1.165) is 6.54 Å². The van der Waals surface area contributed by atoms with Crippen molar-refractivity contribution < 1.29 is 0 Å². The lowest BCUT2D eigenvalue weighted by Gasteiger charge is -2.43. The van der Waals surface area contributed by atoms with Crippen molar-refractivity contribution in [2.45, 2.75) is 50.7 Å². The molecule has 112 valence electrons. The first kappa shape index (κ1) is 15.9. The minimum atomic E-state index is 0.667. The highest BCUT2D eigenvalue weighted by molar-refractivity contribution is 7.98. The molecule has 1 aromatic rings. The van der Waals surface area contributed by atoms with Crippen molar-refractivity contribution in [3.8, 4) is 0 Å². The zero-order chi connectivity index (χ0) is 14.5. The fourth-order valence-electron chi connectivity index (χ4n) is 3.20. The van der Waals surface area contributed by atoms with Crippen LogP contribution in [-0.4, -0.2) is 47.8 Å². The van der Waals surface area contributed by atoms with Gasteiger partial charge in [-0.1, -0.05) is 25.1 Å². The first-order chi connectivity index (χ1) is 9.65. The molecule has 1 aliphatic rings. The summed E-state index contributed by atoms with van der Waals surface area (Å²) in [4.78, 5) is 6.71. The van der Waals surface area contributed by atoms with E-state index in [2.05, 4.69) is 61.1 Å². The molecule has 0 radical (unpaired) electrons. The zero-order valence-corrected chi connectivity index (χ0v) is 14.1. The van der Waals surface area contributed by atoms with E-state index in [1.54, 1.807) is 0 Å². The number of benzene rings is 1. The molecule has 0 spiro atoms. The van der Waals surface area contributed by atoms with Crippen molar-refractivity contribution in [3.05, 3.63) is 29.8 Å². The van der Waals surface area contributed by atoms with Crippen LogP contribution in [0.1, 0.15) is 32.8 Å². The predicted octanol–water partition coefficient (Wildman–Crippen LogP) is 3.71. The Balaban J connectivity index is 2.01. The van der Waals surface area contributed by atoms with Crippen LogP contribution < -0.4 is 0 Å². The van der Waals surface area contributed by atoms with Crippen LogP contribution in [0.15, 0.2) is 29.2 Å². The fourth-order valence-corrected chi connectivity index (χ4v) is 3.80. The highest BCUT2D eigenvalue weighted by atomic mass is 32.2. The summed E-state index contributed by atoms with van der Waals surface area (Å²) in [5.41, 5.74) is 1.48. The minimum absolute atomic E-state index is 0.667. The average Bonchev–Trinajstić information content (AvgIpc) is 2.47. The Morgan fingerprint density at radius 2 is 2.00 bits per heavy atom. The second-order valence-corrected chi connectivity index (χ2v) is 6.79. The first-order valence-corrected chi connectivity index (χ1v) is 8.98. The van der Waals surface area contributed by atoms with Crippen molar-refractivity contribution in [2.75, 3.05) is 25.9 Å². The van der Waals surface area contributed by atoms with E-state index < -0.39 is 0 Å². The largest absolute Gasteiger partial charge is 0.296 e. The summed E-state index contributed by atoms with van der Waals surface area (Å²) < 4.78 is 0. The number of rotatable bonds is 5. The van der Waals surface area contributed by atoms with Gasteiger partial charge in [-0.05, 0) is 38.2 Å². The molecule has 1 saturated heterocycles. The summed E-state index contributed by atoms with van der Waals surface area (Å²) >= 11 is 1.86. The number of nitrogens with zero attached hydrogens (tertiary/aromatic N) is 2. The van der Waals surface area contributed by atoms with Crippen LogP contribution in [0.3, 0.4) is 0 Å². The summed E-state index contributed by atoms with van der Waals surface area (Å²) in [5, 5.41) is 0. The van der Waals surface area contributed by atoms with Crippen molar-refractivity contribution in [2.24, 2.45) is 0 Å². The van der Waals surface area contributed by atoms with Gasteiger partial charge in [-0.25, -0.2) is 0 Å². The smallest absolute Gasteiger partial charge is 0.0246 e. The normalized spacial score (nSPS) is 21.6. The van der Waals surface area contributed by atoms with Crippen molar-refractivity contribution in [1.82, 2.24) is 9.80 Å². The molecule has 1 aromatic carbocycles. The number of hydrogen-bond donors (Lipinski definition) is 0. The molecule has 0 bridgehead atoms. The van der Waals surface area contributed by atoms with Gasteiger partial charge >= 0.3 is 0 Å². The van der Waals surface area contributed by atoms with E-state index >= 15 is 0 Å². The van der Waals surface area contributed by atoms with Gasteiger partial charge in [0.1, 0.15) is 0 Å². The Morgan fingerprint density at radius 3 is 2.65 bits per heavy atom. The summed E-state index contributed by atoms with van der Waals surface area (Å²) in [7, 11) is 0. The topological polar surface area (TPSA) is 6.48 Å². The van der Waals surface area contributed by atoms with Crippen molar-refractivity contribution in [1.29, 1.82) is 0 Å². The van der Waals surface area contributed by atoms with Crippen LogP contribution >= 0.6 is 11.8 Å². The van der Waals surface area contributed by atoms with E-state index in [4.69, 9.17) is 0 Å². The van der Waals surface area contributed by atoms with Crippen molar-refractivity contribution >= 4 is 11.8 Å². The molecule has 1 fully saturated rings. The van der Waals surface area contributed by atoms with Crippen LogP contribution in [0, 0.1) is 0 Å². The van der Waals surface area contributed by atoms with Crippen LogP contribution in [-0.2, 0) is 6.54 Å². The monoisotopic (exact) mass is 292 g/mol. The third-order valence-electron chi connectivity index (χ3n) is 4.33. The Bertz CT molecular complexity index is 419. The van der Waals surface area contributed by atoms with Crippen molar-refractivity contribution in [3.63, 3.8) is 0 Å². The van der Waals surface area contributed by atoms with E-state index in [1.807, 2.05) is 11.8 Å². The molecule has 20 heavy (non-hydrogen) atoms. The molecular formula is C17H28N2S. The maximum absolute atomic E-state index is 2.66. The van der Waals surface area contributed by atoms with E-state index in [9.17, 15) is 0 Å². The molecular weight excluding hydrogens is 264 g/mol. The lowest BCUT2D eigenvalue weighted by Crippen LogP contribution is -2.54. The molecule has 0 amide bonds. The third-order valence-corrected chi connectivity index (χ3v) is 5.17. The number of thioether (sulfide) groups is 1. The lowest BCUT2D eigenvalue weighted by atomic mass is 10.1. The van der Waals surface area contributed by atoms with Crippen LogP contribution in [0.2, 0.25) is 0 Å². The van der Waals surface area contributed by atoms with Crippen LogP contribution in [0.4, 0.5) is 0 Å². The molecule has 1 heterocycles. The predicted molar refractivity (Wildman–Crippen MR) is 89.4 cm³/mol. The Labute approximate surface area is 128 Å².